The van der Waals surface area contributed by atoms with E-state index in [9.17, 15) is 4.79 Å². The molecule has 2 heterocycles. The predicted molar refractivity (Wildman–Crippen MR) is 133 cm³/mol. The Morgan fingerprint density at radius 3 is 2.35 bits per heavy atom. The minimum absolute atomic E-state index is 0.170. The summed E-state index contributed by atoms with van der Waals surface area (Å²) < 4.78 is 12.6. The Kier molecular flexibility index (Phi) is 5.43. The molecule has 1 amide bonds. The van der Waals surface area contributed by atoms with E-state index < -0.39 is 5.91 Å². The predicted octanol–water partition coefficient (Wildman–Crippen LogP) is 5.08. The zero-order chi connectivity index (χ0) is 23.8. The highest BCUT2D eigenvalue weighted by molar-refractivity contribution is 6.30. The second-order valence-corrected chi connectivity index (χ2v) is 7.92. The monoisotopic (exact) mass is 473 g/mol. The molecule has 8 nitrogen and oxygen atoms in total. The van der Waals surface area contributed by atoms with Gasteiger partial charge in [0.15, 0.2) is 5.65 Å². The van der Waals surface area contributed by atoms with Crippen molar-refractivity contribution in [2.24, 2.45) is 0 Å². The second kappa shape index (κ2) is 8.57. The molecule has 5 rings (SSSR count). The topological polar surface area (TPSA) is 104 Å². The van der Waals surface area contributed by atoms with E-state index in [1.54, 1.807) is 61.3 Å². The molecule has 3 aromatic carbocycles. The number of halogens is 1. The average molecular weight is 474 g/mol. The van der Waals surface area contributed by atoms with Crippen molar-refractivity contribution < 1.29 is 14.3 Å². The number of aromatic nitrogens is 3. The van der Waals surface area contributed by atoms with Crippen LogP contribution in [0.15, 0.2) is 66.7 Å². The first-order valence-electron chi connectivity index (χ1n) is 10.4. The van der Waals surface area contributed by atoms with Crippen LogP contribution in [-0.4, -0.2) is 34.7 Å². The first-order valence-corrected chi connectivity index (χ1v) is 10.7. The van der Waals surface area contributed by atoms with Gasteiger partial charge in [0, 0.05) is 16.8 Å². The summed E-state index contributed by atoms with van der Waals surface area (Å²) in [7, 11) is 3.13. The summed E-state index contributed by atoms with van der Waals surface area (Å²) in [5, 5.41) is 3.43. The van der Waals surface area contributed by atoms with E-state index in [4.69, 9.17) is 36.8 Å². The summed E-state index contributed by atoms with van der Waals surface area (Å²) in [4.78, 5) is 23.0. The highest BCUT2D eigenvalue weighted by atomic mass is 35.5. The van der Waals surface area contributed by atoms with Crippen LogP contribution in [0, 0.1) is 0 Å². The Bertz CT molecular complexity index is 1550. The van der Waals surface area contributed by atoms with Crippen molar-refractivity contribution in [3.63, 3.8) is 0 Å². The molecule has 0 atom stereocenters. The third-order valence-electron chi connectivity index (χ3n) is 5.45. The maximum atomic E-state index is 13.4. The summed E-state index contributed by atoms with van der Waals surface area (Å²) in [5.41, 5.74) is 10.1. The zero-order valence-corrected chi connectivity index (χ0v) is 19.1. The molecule has 0 saturated heterocycles. The molecule has 9 heteroatoms. The number of hydrogen-bond donors (Lipinski definition) is 2. The van der Waals surface area contributed by atoms with Crippen molar-refractivity contribution in [2.45, 2.75) is 0 Å². The van der Waals surface area contributed by atoms with Crippen molar-refractivity contribution in [1.29, 1.82) is 0 Å². The highest BCUT2D eigenvalue weighted by Crippen LogP contribution is 2.36. The van der Waals surface area contributed by atoms with Gasteiger partial charge in [0.2, 0.25) is 0 Å². The molecule has 0 unspecified atom stereocenters. The lowest BCUT2D eigenvalue weighted by molar-refractivity contribution is 0.102. The number of amides is 1. The molecule has 0 radical (unpaired) electrons. The number of hydrogen-bond acceptors (Lipinski definition) is 6. The molecule has 0 aliphatic carbocycles. The van der Waals surface area contributed by atoms with Gasteiger partial charge < -0.3 is 20.5 Å². The number of nitrogens with two attached hydrogens (primary N) is 1. The fraction of sp³-hybridized carbons (Fsp3) is 0.0800. The van der Waals surface area contributed by atoms with Crippen LogP contribution in [-0.2, 0) is 0 Å². The van der Waals surface area contributed by atoms with Gasteiger partial charge in [-0.25, -0.2) is 9.97 Å². The number of para-hydroxylation sites is 2. The van der Waals surface area contributed by atoms with E-state index in [1.807, 2.05) is 24.3 Å². The van der Waals surface area contributed by atoms with Crippen molar-refractivity contribution in [3.8, 4) is 17.2 Å². The number of benzene rings is 3. The van der Waals surface area contributed by atoms with Gasteiger partial charge >= 0.3 is 0 Å². The molecule has 0 saturated carbocycles. The number of rotatable bonds is 5. The Morgan fingerprint density at radius 1 is 0.971 bits per heavy atom. The Labute approximate surface area is 199 Å². The molecule has 0 aliphatic rings. The van der Waals surface area contributed by atoms with Crippen LogP contribution in [0.5, 0.6) is 11.5 Å². The number of carbonyl (C=O) groups excluding carboxylic acids is 1. The third-order valence-corrected chi connectivity index (χ3v) is 5.71. The average Bonchev–Trinajstić information content (AvgIpc) is 3.14. The first kappa shape index (κ1) is 21.5. The van der Waals surface area contributed by atoms with Gasteiger partial charge in [-0.05, 0) is 48.5 Å². The first-order chi connectivity index (χ1) is 16.5. The lowest BCUT2D eigenvalue weighted by atomic mass is 10.2. The van der Waals surface area contributed by atoms with E-state index in [-0.39, 0.29) is 11.4 Å². The van der Waals surface area contributed by atoms with Crippen LogP contribution >= 0.6 is 11.6 Å². The van der Waals surface area contributed by atoms with Crippen molar-refractivity contribution in [3.05, 3.63) is 77.3 Å². The second-order valence-electron chi connectivity index (χ2n) is 7.48. The number of nitrogens with zero attached hydrogens (tertiary/aromatic N) is 3. The Balaban J connectivity index is 1.78. The van der Waals surface area contributed by atoms with Crippen LogP contribution in [0.2, 0.25) is 5.02 Å². The zero-order valence-electron chi connectivity index (χ0n) is 18.4. The molecular weight excluding hydrogens is 454 g/mol. The van der Waals surface area contributed by atoms with Gasteiger partial charge in [-0.3, -0.25) is 9.36 Å². The van der Waals surface area contributed by atoms with Gasteiger partial charge in [-0.2, -0.15) is 0 Å². The lowest BCUT2D eigenvalue weighted by Crippen LogP contribution is -2.14. The van der Waals surface area contributed by atoms with E-state index in [0.717, 1.165) is 0 Å². The quantitative estimate of drug-likeness (QED) is 0.369. The van der Waals surface area contributed by atoms with Gasteiger partial charge in [0.25, 0.3) is 5.91 Å². The SMILES string of the molecule is COc1ccc(OC)c(-n2c(N)c(C(=O)Nc3ccc(Cl)cc3)c3nc4ccccc4nc32)c1. The number of nitrogens with one attached hydrogen (secondary N) is 1. The standard InChI is InChI=1S/C25H20ClN5O3/c1-33-16-11-12-20(34-2)19(13-16)31-23(27)21(25(32)28-15-9-7-14(26)8-10-15)22-24(31)30-18-6-4-3-5-17(18)29-22/h3-13H,27H2,1-2H3,(H,28,32). The Hall–Kier alpha value is -4.30. The minimum atomic E-state index is -0.421. The maximum absolute atomic E-state index is 13.4. The van der Waals surface area contributed by atoms with Crippen LogP contribution in [0.4, 0.5) is 11.5 Å². The van der Waals surface area contributed by atoms with E-state index in [1.165, 1.54) is 0 Å². The largest absolute Gasteiger partial charge is 0.497 e. The van der Waals surface area contributed by atoms with Crippen molar-refractivity contribution in [1.82, 2.24) is 14.5 Å². The fourth-order valence-electron chi connectivity index (χ4n) is 3.83. The maximum Gasteiger partial charge on any atom is 0.261 e. The van der Waals surface area contributed by atoms with E-state index in [2.05, 4.69) is 5.32 Å². The molecule has 170 valence electrons. The molecule has 0 bridgehead atoms. The normalized spacial score (nSPS) is 11.0. The molecule has 5 aromatic rings. The van der Waals surface area contributed by atoms with Crippen LogP contribution < -0.4 is 20.5 Å². The summed E-state index contributed by atoms with van der Waals surface area (Å²) in [6, 6.07) is 19.5. The van der Waals surface area contributed by atoms with Crippen LogP contribution in [0.25, 0.3) is 27.9 Å². The fourth-order valence-corrected chi connectivity index (χ4v) is 3.95. The number of carbonyl (C=O) groups is 1. The minimum Gasteiger partial charge on any atom is -0.497 e. The smallest absolute Gasteiger partial charge is 0.261 e. The van der Waals surface area contributed by atoms with Gasteiger partial charge in [-0.15, -0.1) is 0 Å². The molecule has 0 aliphatic heterocycles. The highest BCUT2D eigenvalue weighted by Gasteiger charge is 2.26. The summed E-state index contributed by atoms with van der Waals surface area (Å²) in [6.07, 6.45) is 0. The molecule has 2 aromatic heterocycles. The molecule has 34 heavy (non-hydrogen) atoms. The molecular formula is C25H20ClN5O3. The molecule has 0 spiro atoms. The van der Waals surface area contributed by atoms with E-state index >= 15 is 0 Å². The summed E-state index contributed by atoms with van der Waals surface area (Å²) >= 11 is 5.97. The van der Waals surface area contributed by atoms with Gasteiger partial charge in [0.05, 0.1) is 30.9 Å². The van der Waals surface area contributed by atoms with E-state index in [0.29, 0.717) is 50.1 Å². The van der Waals surface area contributed by atoms with Gasteiger partial charge in [-0.1, -0.05) is 23.7 Å². The van der Waals surface area contributed by atoms with Crippen molar-refractivity contribution >= 4 is 51.2 Å². The van der Waals surface area contributed by atoms with Crippen molar-refractivity contribution in [2.75, 3.05) is 25.3 Å². The number of ether oxygens (including phenoxy) is 2. The number of nitrogen functional groups attached to an aromatic ring is 1. The number of fused-ring (bicyclic) bond motifs is 2. The molecule has 0 fully saturated rings. The molecule has 3 N–H and O–H groups in total. The number of methoxy groups -OCH3 is 2. The summed E-state index contributed by atoms with van der Waals surface area (Å²) in [6.45, 7) is 0. The lowest BCUT2D eigenvalue weighted by Gasteiger charge is -2.14. The third kappa shape index (κ3) is 3.64. The number of anilines is 2. The van der Waals surface area contributed by atoms with Crippen LogP contribution in [0.1, 0.15) is 10.4 Å². The van der Waals surface area contributed by atoms with Gasteiger partial charge in [0.1, 0.15) is 28.4 Å². The Morgan fingerprint density at radius 2 is 1.68 bits per heavy atom. The van der Waals surface area contributed by atoms with Crippen LogP contribution in [0.3, 0.4) is 0 Å². The summed E-state index contributed by atoms with van der Waals surface area (Å²) in [5.74, 6) is 0.875.